The normalized spacial score (nSPS) is 15.2. The predicted molar refractivity (Wildman–Crippen MR) is 90.0 cm³/mol. The Morgan fingerprint density at radius 2 is 2.00 bits per heavy atom. The van der Waals surface area contributed by atoms with Crippen LogP contribution in [0.1, 0.15) is 23.2 Å². The molecule has 6 nitrogen and oxygen atoms in total. The van der Waals surface area contributed by atoms with Crippen LogP contribution in [0.3, 0.4) is 0 Å². The molecule has 0 bridgehead atoms. The first kappa shape index (κ1) is 15.4. The Bertz CT molecular complexity index is 854. The average molecular weight is 328 g/mol. The van der Waals surface area contributed by atoms with E-state index in [0.29, 0.717) is 5.69 Å². The van der Waals surface area contributed by atoms with Gasteiger partial charge in [0.25, 0.3) is 5.56 Å². The molecule has 1 heterocycles. The SMILES string of the molecule is O=C(Cc1cc(=O)[nH]c(=S)[nH]1)N/N=C1/CCc2ccccc2C1. The Labute approximate surface area is 137 Å². The fourth-order valence-electron chi connectivity index (χ4n) is 2.62. The lowest BCUT2D eigenvalue weighted by Gasteiger charge is -2.17. The van der Waals surface area contributed by atoms with E-state index >= 15 is 0 Å². The van der Waals surface area contributed by atoms with Crippen molar-refractivity contribution in [3.63, 3.8) is 0 Å². The van der Waals surface area contributed by atoms with E-state index in [0.717, 1.165) is 25.0 Å². The van der Waals surface area contributed by atoms with E-state index in [1.54, 1.807) is 0 Å². The second-order valence-corrected chi connectivity index (χ2v) is 5.86. The highest BCUT2D eigenvalue weighted by molar-refractivity contribution is 7.71. The van der Waals surface area contributed by atoms with Gasteiger partial charge < -0.3 is 4.98 Å². The summed E-state index contributed by atoms with van der Waals surface area (Å²) in [6.45, 7) is 0. The molecule has 23 heavy (non-hydrogen) atoms. The van der Waals surface area contributed by atoms with Gasteiger partial charge in [-0.25, -0.2) is 5.43 Å². The van der Waals surface area contributed by atoms with Crippen molar-refractivity contribution in [3.8, 4) is 0 Å². The molecule has 1 aromatic carbocycles. The van der Waals surface area contributed by atoms with Crippen LogP contribution in [0.4, 0.5) is 0 Å². The molecule has 0 saturated heterocycles. The molecule has 2 aromatic rings. The van der Waals surface area contributed by atoms with Gasteiger partial charge in [-0.15, -0.1) is 0 Å². The standard InChI is InChI=1S/C16H16N4O2S/c21-14-8-13(17-16(23)18-14)9-15(22)20-19-12-6-5-10-3-1-2-4-11(10)7-12/h1-4,8H,5-7,9H2,(H,20,22)(H2,17,18,21,23)/b19-12-. The molecule has 0 aliphatic heterocycles. The molecule has 1 amide bonds. The molecule has 0 atom stereocenters. The molecular weight excluding hydrogens is 312 g/mol. The number of rotatable bonds is 3. The third-order valence-corrected chi connectivity index (χ3v) is 3.91. The number of hydrazone groups is 1. The molecule has 0 radical (unpaired) electrons. The highest BCUT2D eigenvalue weighted by atomic mass is 32.1. The number of nitrogens with one attached hydrogen (secondary N) is 3. The van der Waals surface area contributed by atoms with E-state index in [1.807, 2.05) is 12.1 Å². The third kappa shape index (κ3) is 4.01. The maximum atomic E-state index is 11.9. The summed E-state index contributed by atoms with van der Waals surface area (Å²) < 4.78 is 0.204. The number of aryl methyl sites for hydroxylation is 1. The summed E-state index contributed by atoms with van der Waals surface area (Å²) in [5, 5.41) is 4.21. The second-order valence-electron chi connectivity index (χ2n) is 5.45. The predicted octanol–water partition coefficient (Wildman–Crippen LogP) is 1.64. The van der Waals surface area contributed by atoms with Crippen molar-refractivity contribution in [1.82, 2.24) is 15.4 Å². The number of H-pyrrole nitrogens is 2. The van der Waals surface area contributed by atoms with Gasteiger partial charge in [-0.3, -0.25) is 14.6 Å². The summed E-state index contributed by atoms with van der Waals surface area (Å²) in [5.74, 6) is -0.285. The summed E-state index contributed by atoms with van der Waals surface area (Å²) in [4.78, 5) is 28.5. The summed E-state index contributed by atoms with van der Waals surface area (Å²) in [6.07, 6.45) is 2.56. The van der Waals surface area contributed by atoms with Gasteiger partial charge in [-0.05, 0) is 36.2 Å². The number of aromatic nitrogens is 2. The first-order valence-corrected chi connectivity index (χ1v) is 7.74. The van der Waals surface area contributed by atoms with Crippen LogP contribution in [-0.2, 0) is 24.1 Å². The number of benzene rings is 1. The molecule has 0 unspecified atom stereocenters. The van der Waals surface area contributed by atoms with Crippen molar-refractivity contribution in [2.24, 2.45) is 5.10 Å². The minimum absolute atomic E-state index is 0.0287. The number of hydrogen-bond donors (Lipinski definition) is 3. The molecule has 1 aliphatic rings. The zero-order valence-electron chi connectivity index (χ0n) is 12.4. The van der Waals surface area contributed by atoms with E-state index in [2.05, 4.69) is 32.6 Å². The largest absolute Gasteiger partial charge is 0.335 e. The highest BCUT2D eigenvalue weighted by Crippen LogP contribution is 2.18. The molecule has 1 aliphatic carbocycles. The topological polar surface area (TPSA) is 90.1 Å². The summed E-state index contributed by atoms with van der Waals surface area (Å²) in [5.41, 5.74) is 6.24. The monoisotopic (exact) mass is 328 g/mol. The van der Waals surface area contributed by atoms with E-state index in [9.17, 15) is 9.59 Å². The van der Waals surface area contributed by atoms with Crippen LogP contribution < -0.4 is 11.0 Å². The maximum Gasteiger partial charge on any atom is 0.251 e. The third-order valence-electron chi connectivity index (χ3n) is 3.70. The highest BCUT2D eigenvalue weighted by Gasteiger charge is 2.14. The molecule has 0 saturated carbocycles. The van der Waals surface area contributed by atoms with Crippen LogP contribution >= 0.6 is 12.2 Å². The molecular formula is C16H16N4O2S. The van der Waals surface area contributed by atoms with Crippen LogP contribution in [0, 0.1) is 4.77 Å². The Balaban J connectivity index is 1.63. The smallest absolute Gasteiger partial charge is 0.251 e. The number of fused-ring (bicyclic) bond motifs is 1. The van der Waals surface area contributed by atoms with Crippen molar-refractivity contribution in [3.05, 3.63) is 62.3 Å². The quantitative estimate of drug-likeness (QED) is 0.591. The van der Waals surface area contributed by atoms with Gasteiger partial charge >= 0.3 is 0 Å². The van der Waals surface area contributed by atoms with Gasteiger partial charge in [0.15, 0.2) is 4.77 Å². The van der Waals surface area contributed by atoms with E-state index < -0.39 is 0 Å². The summed E-state index contributed by atoms with van der Waals surface area (Å²) in [7, 11) is 0. The van der Waals surface area contributed by atoms with Crippen molar-refractivity contribution in [2.75, 3.05) is 0 Å². The zero-order valence-corrected chi connectivity index (χ0v) is 13.2. The molecule has 1 aromatic heterocycles. The Morgan fingerprint density at radius 3 is 2.78 bits per heavy atom. The molecule has 118 valence electrons. The summed E-state index contributed by atoms with van der Waals surface area (Å²) in [6, 6.07) is 9.57. The van der Waals surface area contributed by atoms with Crippen molar-refractivity contribution >= 4 is 23.8 Å². The zero-order chi connectivity index (χ0) is 16.2. The van der Waals surface area contributed by atoms with Crippen LogP contribution in [-0.4, -0.2) is 21.6 Å². The molecule has 0 fully saturated rings. The van der Waals surface area contributed by atoms with E-state index in [-0.39, 0.29) is 22.7 Å². The van der Waals surface area contributed by atoms with Crippen LogP contribution in [0.15, 0.2) is 40.2 Å². The Morgan fingerprint density at radius 1 is 1.22 bits per heavy atom. The first-order valence-electron chi connectivity index (χ1n) is 7.34. The Kier molecular flexibility index (Phi) is 4.47. The van der Waals surface area contributed by atoms with Crippen LogP contribution in [0.5, 0.6) is 0 Å². The fraction of sp³-hybridized carbons (Fsp3) is 0.250. The lowest BCUT2D eigenvalue weighted by Crippen LogP contribution is -2.25. The van der Waals surface area contributed by atoms with Gasteiger partial charge in [0.2, 0.25) is 5.91 Å². The average Bonchev–Trinajstić information content (AvgIpc) is 2.52. The van der Waals surface area contributed by atoms with Gasteiger partial charge in [0, 0.05) is 23.9 Å². The fourth-order valence-corrected chi connectivity index (χ4v) is 2.86. The first-order chi connectivity index (χ1) is 11.1. The minimum Gasteiger partial charge on any atom is -0.335 e. The van der Waals surface area contributed by atoms with E-state index in [1.165, 1.54) is 17.2 Å². The van der Waals surface area contributed by atoms with Crippen molar-refractivity contribution < 1.29 is 4.79 Å². The molecule has 3 rings (SSSR count). The second kappa shape index (κ2) is 6.70. The molecule has 0 spiro atoms. The van der Waals surface area contributed by atoms with Gasteiger partial charge in [0.05, 0.1) is 6.42 Å². The molecule has 7 heteroatoms. The lowest BCUT2D eigenvalue weighted by atomic mass is 9.90. The van der Waals surface area contributed by atoms with Gasteiger partial charge in [0.1, 0.15) is 0 Å². The maximum absolute atomic E-state index is 11.9. The number of carbonyl (C=O) groups excluding carboxylic acids is 1. The number of aromatic amines is 2. The van der Waals surface area contributed by atoms with E-state index in [4.69, 9.17) is 12.2 Å². The number of nitrogens with zero attached hydrogens (tertiary/aromatic N) is 1. The van der Waals surface area contributed by atoms with Gasteiger partial charge in [-0.2, -0.15) is 5.10 Å². The van der Waals surface area contributed by atoms with Crippen molar-refractivity contribution in [2.45, 2.75) is 25.7 Å². The number of carbonyl (C=O) groups is 1. The van der Waals surface area contributed by atoms with Crippen LogP contribution in [0.2, 0.25) is 0 Å². The lowest BCUT2D eigenvalue weighted by molar-refractivity contribution is -0.120. The minimum atomic E-state index is -0.327. The van der Waals surface area contributed by atoms with Crippen molar-refractivity contribution in [1.29, 1.82) is 0 Å². The number of amides is 1. The number of hydrogen-bond acceptors (Lipinski definition) is 4. The Hall–Kier alpha value is -2.54. The van der Waals surface area contributed by atoms with Crippen LogP contribution in [0.25, 0.3) is 0 Å². The molecule has 3 N–H and O–H groups in total. The summed E-state index contributed by atoms with van der Waals surface area (Å²) >= 11 is 4.87. The van der Waals surface area contributed by atoms with Gasteiger partial charge in [-0.1, -0.05) is 24.3 Å².